The van der Waals surface area contributed by atoms with Crippen molar-refractivity contribution in [1.29, 1.82) is 0 Å². The minimum atomic E-state index is 0.130. The first-order valence-electron chi connectivity index (χ1n) is 15.4. The fourth-order valence-corrected chi connectivity index (χ4v) is 8.46. The van der Waals surface area contributed by atoms with Crippen molar-refractivity contribution in [3.05, 3.63) is 118 Å². The Balaban J connectivity index is 1.01. The summed E-state index contributed by atoms with van der Waals surface area (Å²) in [5.74, 6) is 1.27. The Bertz CT molecular complexity index is 1850. The lowest BCUT2D eigenvalue weighted by Gasteiger charge is -2.14. The summed E-state index contributed by atoms with van der Waals surface area (Å²) in [7, 11) is 0. The molecule has 4 unspecified atom stereocenters. The molecule has 6 heteroatoms. The lowest BCUT2D eigenvalue weighted by molar-refractivity contribution is 0.394. The van der Waals surface area contributed by atoms with Gasteiger partial charge in [-0.1, -0.05) is 67.0 Å². The molecule has 0 spiro atoms. The van der Waals surface area contributed by atoms with Crippen LogP contribution in [0, 0.1) is 0 Å². The van der Waals surface area contributed by atoms with Gasteiger partial charge in [0.05, 0.1) is 11.4 Å². The molecule has 6 nitrogen and oxygen atoms in total. The molecule has 2 heterocycles. The van der Waals surface area contributed by atoms with Crippen LogP contribution in [0.3, 0.4) is 0 Å². The number of hydrogen-bond donors (Lipinski definition) is 4. The van der Waals surface area contributed by atoms with Crippen molar-refractivity contribution in [2.75, 3.05) is 0 Å². The molecule has 4 aliphatic carbocycles. The van der Waals surface area contributed by atoms with Gasteiger partial charge in [0.1, 0.15) is 0 Å². The maximum absolute atomic E-state index is 11.2. The van der Waals surface area contributed by atoms with Gasteiger partial charge in [-0.25, -0.2) is 0 Å². The number of nitrogens with zero attached hydrogens (tertiary/aromatic N) is 2. The van der Waals surface area contributed by atoms with E-state index in [2.05, 4.69) is 25.7 Å². The van der Waals surface area contributed by atoms with E-state index in [4.69, 9.17) is 0 Å². The van der Waals surface area contributed by atoms with E-state index >= 15 is 0 Å². The SMILES string of the molecule is C=CCC1=CC2CC1c1c2c(O)n(-c2ccc(Cc3ccc(-n4c(O)c5c(c4O)C4CC5C=C4CCC)cc3)cc2)c1O. The van der Waals surface area contributed by atoms with Crippen LogP contribution in [-0.4, -0.2) is 29.6 Å². The third kappa shape index (κ3) is 3.65. The zero-order valence-corrected chi connectivity index (χ0v) is 24.3. The van der Waals surface area contributed by atoms with Crippen molar-refractivity contribution < 1.29 is 20.4 Å². The highest BCUT2D eigenvalue weighted by atomic mass is 16.3. The van der Waals surface area contributed by atoms with E-state index in [1.165, 1.54) is 11.1 Å². The maximum atomic E-state index is 11.2. The first-order chi connectivity index (χ1) is 20.9. The van der Waals surface area contributed by atoms with Crippen molar-refractivity contribution in [2.24, 2.45) is 0 Å². The Morgan fingerprint density at radius 2 is 1.12 bits per heavy atom. The van der Waals surface area contributed by atoms with Crippen LogP contribution in [-0.2, 0) is 6.42 Å². The largest absolute Gasteiger partial charge is 0.494 e. The van der Waals surface area contributed by atoms with Crippen LogP contribution in [0.2, 0.25) is 0 Å². The maximum Gasteiger partial charge on any atom is 0.202 e. The van der Waals surface area contributed by atoms with E-state index in [0.717, 1.165) is 76.9 Å². The molecule has 4 aromatic rings. The Morgan fingerprint density at radius 3 is 1.58 bits per heavy atom. The Hall–Kier alpha value is -4.58. The summed E-state index contributed by atoms with van der Waals surface area (Å²) >= 11 is 0. The Labute approximate surface area is 251 Å². The van der Waals surface area contributed by atoms with Crippen LogP contribution in [0.1, 0.15) is 96.1 Å². The highest BCUT2D eigenvalue weighted by molar-refractivity contribution is 5.65. The van der Waals surface area contributed by atoms with Crippen molar-refractivity contribution in [3.63, 3.8) is 0 Å². The summed E-state index contributed by atoms with van der Waals surface area (Å²) in [4.78, 5) is 0. The zero-order valence-electron chi connectivity index (χ0n) is 24.3. The lowest BCUT2D eigenvalue weighted by Crippen LogP contribution is -1.99. The molecule has 4 atom stereocenters. The minimum Gasteiger partial charge on any atom is -0.494 e. The molecule has 4 bridgehead atoms. The van der Waals surface area contributed by atoms with Gasteiger partial charge in [0.25, 0.3) is 0 Å². The number of benzene rings is 2. The van der Waals surface area contributed by atoms with Crippen LogP contribution in [0.15, 0.2) is 84.5 Å². The van der Waals surface area contributed by atoms with Gasteiger partial charge >= 0.3 is 0 Å². The molecule has 218 valence electrons. The first-order valence-corrected chi connectivity index (χ1v) is 15.4. The van der Waals surface area contributed by atoms with E-state index in [0.29, 0.717) is 6.42 Å². The van der Waals surface area contributed by atoms with Crippen LogP contribution in [0.25, 0.3) is 11.4 Å². The van der Waals surface area contributed by atoms with E-state index in [9.17, 15) is 20.4 Å². The molecule has 0 amide bonds. The summed E-state index contributed by atoms with van der Waals surface area (Å²) in [5.41, 5.74) is 9.85. The van der Waals surface area contributed by atoms with E-state index in [-0.39, 0.29) is 47.2 Å². The van der Waals surface area contributed by atoms with Crippen LogP contribution in [0.5, 0.6) is 23.5 Å². The van der Waals surface area contributed by atoms with E-state index < -0.39 is 0 Å². The third-order valence-corrected chi connectivity index (χ3v) is 10.3. The fourth-order valence-electron chi connectivity index (χ4n) is 8.46. The van der Waals surface area contributed by atoms with Crippen molar-refractivity contribution in [3.8, 4) is 34.9 Å². The predicted octanol–water partition coefficient (Wildman–Crippen LogP) is 8.08. The van der Waals surface area contributed by atoms with Gasteiger partial charge in [-0.2, -0.15) is 0 Å². The molecule has 0 saturated heterocycles. The molecule has 0 radical (unpaired) electrons. The summed E-state index contributed by atoms with van der Waals surface area (Å²) in [6.07, 6.45) is 11.9. The molecule has 2 aromatic heterocycles. The first kappa shape index (κ1) is 26.1. The topological polar surface area (TPSA) is 90.8 Å². The molecule has 4 N–H and O–H groups in total. The Morgan fingerprint density at radius 1 is 0.674 bits per heavy atom. The van der Waals surface area contributed by atoms with Crippen LogP contribution >= 0.6 is 0 Å². The second kappa shape index (κ2) is 9.46. The number of aromatic hydroxyl groups is 4. The molecule has 2 aromatic carbocycles. The van der Waals surface area contributed by atoms with Crippen molar-refractivity contribution in [2.45, 2.75) is 69.1 Å². The monoisotopic (exact) mass is 572 g/mol. The van der Waals surface area contributed by atoms with Gasteiger partial charge < -0.3 is 20.4 Å². The normalized spacial score (nSPS) is 22.5. The fraction of sp³-hybridized carbons (Fsp3) is 0.297. The highest BCUT2D eigenvalue weighted by Gasteiger charge is 2.45. The average Bonchev–Trinajstić information content (AvgIpc) is 3.83. The zero-order chi connectivity index (χ0) is 29.6. The average molecular weight is 573 g/mol. The quantitative estimate of drug-likeness (QED) is 0.161. The Kier molecular flexibility index (Phi) is 5.74. The number of hydrogen-bond acceptors (Lipinski definition) is 4. The molecular formula is C37H36N2O4. The summed E-state index contributed by atoms with van der Waals surface area (Å²) < 4.78 is 3.15. The molecule has 43 heavy (non-hydrogen) atoms. The van der Waals surface area contributed by atoms with Gasteiger partial charge in [0, 0.05) is 45.9 Å². The molecular weight excluding hydrogens is 536 g/mol. The molecule has 0 fully saturated rings. The minimum absolute atomic E-state index is 0.130. The van der Waals surface area contributed by atoms with Gasteiger partial charge in [-0.3, -0.25) is 9.13 Å². The summed E-state index contributed by atoms with van der Waals surface area (Å²) in [5, 5.41) is 44.6. The smallest absolute Gasteiger partial charge is 0.202 e. The van der Waals surface area contributed by atoms with E-state index in [1.807, 2.05) is 54.6 Å². The van der Waals surface area contributed by atoms with Crippen LogP contribution in [0.4, 0.5) is 0 Å². The van der Waals surface area contributed by atoms with Gasteiger partial charge in [0.15, 0.2) is 0 Å². The van der Waals surface area contributed by atoms with Gasteiger partial charge in [-0.15, -0.1) is 6.58 Å². The van der Waals surface area contributed by atoms with Crippen molar-refractivity contribution in [1.82, 2.24) is 9.13 Å². The number of aromatic nitrogens is 2. The second-order valence-electron chi connectivity index (χ2n) is 12.6. The second-order valence-corrected chi connectivity index (χ2v) is 12.6. The molecule has 0 saturated carbocycles. The summed E-state index contributed by atoms with van der Waals surface area (Å²) in [6, 6.07) is 15.9. The highest BCUT2D eigenvalue weighted by Crippen LogP contribution is 2.61. The standard InChI is InChI=1S/C37H36N2O4/c1-3-5-22-16-24-18-28(22)32-30(24)34(40)38(36(32)42)26-11-7-20(8-12-26)15-21-9-13-27(14-10-21)39-35(41)31-25-17-23(6-4-2)29(19-25)33(31)37(39)43/h3,7-14,16-17,24-25,28-29,40-43H,1,4-6,15,18-19H2,2H3. The van der Waals surface area contributed by atoms with Crippen LogP contribution < -0.4 is 0 Å². The predicted molar refractivity (Wildman–Crippen MR) is 167 cm³/mol. The van der Waals surface area contributed by atoms with Gasteiger partial charge in [-0.05, 0) is 67.5 Å². The lowest BCUT2D eigenvalue weighted by atomic mass is 9.91. The summed E-state index contributed by atoms with van der Waals surface area (Å²) in [6.45, 7) is 6.04. The van der Waals surface area contributed by atoms with Crippen molar-refractivity contribution >= 4 is 0 Å². The molecule has 4 aliphatic rings. The van der Waals surface area contributed by atoms with E-state index in [1.54, 1.807) is 9.13 Å². The number of rotatable bonds is 8. The number of allylic oxidation sites excluding steroid dienone is 5. The molecule has 0 aliphatic heterocycles. The third-order valence-electron chi connectivity index (χ3n) is 10.3. The number of fused-ring (bicyclic) bond motifs is 10. The van der Waals surface area contributed by atoms with Gasteiger partial charge in [0.2, 0.25) is 23.5 Å². The molecule has 8 rings (SSSR count).